The molecule has 0 radical (unpaired) electrons. The van der Waals surface area contributed by atoms with Gasteiger partial charge in [0, 0.05) is 10.8 Å². The van der Waals surface area contributed by atoms with Gasteiger partial charge in [-0.3, -0.25) is 15.5 Å². The Morgan fingerprint density at radius 3 is 2.73 bits per heavy atom. The van der Waals surface area contributed by atoms with Crippen molar-refractivity contribution in [2.45, 2.75) is 13.3 Å². The number of nitrogens with zero attached hydrogens (tertiary/aromatic N) is 1. The number of hydrogen-bond donors (Lipinski definition) is 4. The number of hydrogen-bond acceptors (Lipinski definition) is 8. The lowest BCUT2D eigenvalue weighted by Gasteiger charge is -2.15. The largest absolute Gasteiger partial charge is 0.504 e. The van der Waals surface area contributed by atoms with Crippen LogP contribution in [-0.4, -0.2) is 52.2 Å². The molecule has 1 aliphatic carbocycles. The van der Waals surface area contributed by atoms with Gasteiger partial charge in [-0.25, -0.2) is 4.79 Å². The Kier molecular flexibility index (Phi) is 6.45. The fourth-order valence-corrected chi connectivity index (χ4v) is 2.30. The van der Waals surface area contributed by atoms with Gasteiger partial charge in [0.1, 0.15) is 5.69 Å². The number of rotatable bonds is 7. The first-order valence-corrected chi connectivity index (χ1v) is 7.84. The molecular weight excluding hydrogens is 344 g/mol. The molecule has 9 nitrogen and oxygen atoms in total. The summed E-state index contributed by atoms with van der Waals surface area (Å²) in [7, 11) is 1.42. The number of allylic oxidation sites excluding steroid dienone is 2. The van der Waals surface area contributed by atoms with Crippen LogP contribution < -0.4 is 5.48 Å². The van der Waals surface area contributed by atoms with Crippen molar-refractivity contribution in [1.82, 2.24) is 0 Å². The van der Waals surface area contributed by atoms with Crippen LogP contribution >= 0.6 is 0 Å². The third-order valence-electron chi connectivity index (χ3n) is 3.45. The van der Waals surface area contributed by atoms with E-state index in [1.807, 2.05) is 0 Å². The van der Waals surface area contributed by atoms with E-state index in [0.29, 0.717) is 11.4 Å². The highest BCUT2D eigenvalue weighted by Gasteiger charge is 2.33. The molecule has 1 aromatic carbocycles. The molecule has 1 aromatic rings. The molecule has 0 saturated heterocycles. The smallest absolute Gasteiger partial charge is 0.344 e. The molecule has 0 amide bonds. The Morgan fingerprint density at radius 1 is 1.31 bits per heavy atom. The van der Waals surface area contributed by atoms with Crippen molar-refractivity contribution in [1.29, 1.82) is 0 Å². The maximum atomic E-state index is 11.5. The Balaban J connectivity index is 2.42. The summed E-state index contributed by atoms with van der Waals surface area (Å²) in [5.74, 6) is -1.88. The zero-order chi connectivity index (χ0) is 19.1. The first-order valence-electron chi connectivity index (χ1n) is 7.84. The molecule has 0 saturated carbocycles. The van der Waals surface area contributed by atoms with Crippen LogP contribution in [0.2, 0.25) is 0 Å². The molecule has 0 aliphatic heterocycles. The second-order valence-electron chi connectivity index (χ2n) is 5.15. The van der Waals surface area contributed by atoms with E-state index < -0.39 is 24.1 Å². The highest BCUT2D eigenvalue weighted by atomic mass is 16.6. The monoisotopic (exact) mass is 365 g/mol. The van der Waals surface area contributed by atoms with Crippen LogP contribution in [0.5, 0.6) is 0 Å². The molecule has 0 bridgehead atoms. The predicted octanol–water partition coefficient (Wildman–Crippen LogP) is 2.33. The van der Waals surface area contributed by atoms with Crippen molar-refractivity contribution < 1.29 is 39.3 Å². The molecule has 9 heteroatoms. The zero-order valence-electron chi connectivity index (χ0n) is 14.4. The van der Waals surface area contributed by atoms with E-state index in [-0.39, 0.29) is 24.5 Å². The number of ether oxygens (including phenoxy) is 2. The highest BCUT2D eigenvalue weighted by Crippen LogP contribution is 2.27. The van der Waals surface area contributed by atoms with Gasteiger partial charge < -0.3 is 19.7 Å². The third kappa shape index (κ3) is 4.25. The first kappa shape index (κ1) is 19.1. The summed E-state index contributed by atoms with van der Waals surface area (Å²) in [5.41, 5.74) is 3.51. The molecule has 2 rings (SSSR count). The maximum absolute atomic E-state index is 11.5. The topological polar surface area (TPSA) is 120 Å². The van der Waals surface area contributed by atoms with Crippen LogP contribution in [0, 0.1) is 0 Å². The van der Waals surface area contributed by atoms with Crippen LogP contribution in [0.25, 0.3) is 0 Å². The Bertz CT molecular complexity index is 768. The lowest BCUT2D eigenvalue weighted by Crippen LogP contribution is -2.25. The van der Waals surface area contributed by atoms with Crippen LogP contribution in [0.3, 0.4) is 0 Å². The number of aliphatic hydroxyl groups is 2. The van der Waals surface area contributed by atoms with Crippen molar-refractivity contribution in [3.63, 3.8) is 0 Å². The standard InChI is InChI=1S/C17H20N2O7/c1-3-25-15(21)10-26-17-13(8-9-14(20)16(17)22)19(23)12-7-5-4-6-11(12)18-24-2/h4-7,9,18,20,23H,3,8,10H2,1-2H3/p+1. The van der Waals surface area contributed by atoms with E-state index in [9.17, 15) is 20.2 Å². The van der Waals surface area contributed by atoms with E-state index in [0.717, 1.165) is 4.74 Å². The minimum absolute atomic E-state index is 0.0475. The second-order valence-corrected chi connectivity index (χ2v) is 5.15. The summed E-state index contributed by atoms with van der Waals surface area (Å²) in [4.78, 5) is 16.4. The molecule has 4 N–H and O–H groups in total. The molecule has 0 fully saturated rings. The fraction of sp³-hybridized carbons (Fsp3) is 0.294. The summed E-state index contributed by atoms with van der Waals surface area (Å²) in [5, 5.41) is 30.5. The number of nitrogens with one attached hydrogen (secondary N) is 1. The Labute approximate surface area is 150 Å². The number of carbonyl (C=O) groups is 1. The fourth-order valence-electron chi connectivity index (χ4n) is 2.30. The van der Waals surface area contributed by atoms with E-state index >= 15 is 0 Å². The minimum atomic E-state index is -0.646. The number of carbonyl (C=O) groups excluding carboxylic acids is 1. The van der Waals surface area contributed by atoms with Gasteiger partial charge in [-0.2, -0.15) is 0 Å². The van der Waals surface area contributed by atoms with E-state index in [1.54, 1.807) is 31.2 Å². The molecule has 140 valence electrons. The molecule has 26 heavy (non-hydrogen) atoms. The van der Waals surface area contributed by atoms with Crippen LogP contribution in [0.4, 0.5) is 11.4 Å². The number of benzene rings is 1. The van der Waals surface area contributed by atoms with E-state index in [2.05, 4.69) is 5.48 Å². The van der Waals surface area contributed by atoms with Gasteiger partial charge in [0.2, 0.25) is 11.5 Å². The van der Waals surface area contributed by atoms with Crippen LogP contribution in [0.15, 0.2) is 47.6 Å². The van der Waals surface area contributed by atoms with Gasteiger partial charge >= 0.3 is 5.97 Å². The third-order valence-corrected chi connectivity index (χ3v) is 3.45. The van der Waals surface area contributed by atoms with Crippen molar-refractivity contribution >= 4 is 23.1 Å². The zero-order valence-corrected chi connectivity index (χ0v) is 14.4. The normalized spacial score (nSPS) is 16.0. The van der Waals surface area contributed by atoms with E-state index in [1.165, 1.54) is 13.2 Å². The summed E-state index contributed by atoms with van der Waals surface area (Å²) in [6.45, 7) is 1.34. The van der Waals surface area contributed by atoms with E-state index in [4.69, 9.17) is 14.3 Å². The van der Waals surface area contributed by atoms with Crippen LogP contribution in [0.1, 0.15) is 13.3 Å². The molecule has 0 heterocycles. The average molecular weight is 365 g/mol. The molecule has 0 atom stereocenters. The van der Waals surface area contributed by atoms with Crippen molar-refractivity contribution in [3.05, 3.63) is 47.6 Å². The number of esters is 1. The molecule has 0 aromatic heterocycles. The molecular formula is C17H21N2O7+. The van der Waals surface area contributed by atoms with Crippen molar-refractivity contribution in [2.75, 3.05) is 25.8 Å². The predicted molar refractivity (Wildman–Crippen MR) is 91.4 cm³/mol. The Morgan fingerprint density at radius 2 is 2.04 bits per heavy atom. The summed E-state index contributed by atoms with van der Waals surface area (Å²) in [6, 6.07) is 6.70. The SMILES string of the molecule is CCOC(=O)COC1=C(O)C(O)=CC/C1=[N+](/O)c1ccccc1NOC. The number of anilines is 1. The summed E-state index contributed by atoms with van der Waals surface area (Å²) < 4.78 is 10.8. The molecule has 0 unspecified atom stereocenters. The quantitative estimate of drug-likeness (QED) is 0.251. The van der Waals surface area contributed by atoms with Gasteiger partial charge in [-0.1, -0.05) is 12.1 Å². The van der Waals surface area contributed by atoms with Gasteiger partial charge in [0.05, 0.1) is 20.1 Å². The van der Waals surface area contributed by atoms with Gasteiger partial charge in [-0.05, 0) is 19.1 Å². The van der Waals surface area contributed by atoms with Crippen LogP contribution in [-0.2, 0) is 19.1 Å². The summed E-state index contributed by atoms with van der Waals surface area (Å²) in [6.07, 6.45) is 1.35. The Hall–Kier alpha value is -3.20. The maximum Gasteiger partial charge on any atom is 0.344 e. The van der Waals surface area contributed by atoms with Crippen molar-refractivity contribution in [3.8, 4) is 0 Å². The molecule has 0 spiro atoms. The minimum Gasteiger partial charge on any atom is -0.504 e. The molecule has 1 aliphatic rings. The van der Waals surface area contributed by atoms with Gasteiger partial charge in [0.25, 0.3) is 11.4 Å². The van der Waals surface area contributed by atoms with Gasteiger partial charge in [0.15, 0.2) is 12.4 Å². The lowest BCUT2D eigenvalue weighted by molar-refractivity contribution is -0.713. The first-order chi connectivity index (χ1) is 12.5. The summed E-state index contributed by atoms with van der Waals surface area (Å²) >= 11 is 0. The number of aliphatic hydroxyl groups excluding tert-OH is 2. The highest BCUT2D eigenvalue weighted by molar-refractivity contribution is 5.98. The van der Waals surface area contributed by atoms with Gasteiger partial charge in [-0.15, -0.1) is 0 Å². The second kappa shape index (κ2) is 8.77. The van der Waals surface area contributed by atoms with Crippen molar-refractivity contribution in [2.24, 2.45) is 0 Å². The lowest BCUT2D eigenvalue weighted by atomic mass is 10.1. The number of para-hydroxylation sites is 2. The average Bonchev–Trinajstić information content (AvgIpc) is 2.63.